The summed E-state index contributed by atoms with van der Waals surface area (Å²) >= 11 is 0. The highest BCUT2D eigenvalue weighted by Crippen LogP contribution is 2.30. The van der Waals surface area contributed by atoms with Crippen molar-refractivity contribution in [3.05, 3.63) is 24.3 Å². The Labute approximate surface area is 125 Å². The van der Waals surface area contributed by atoms with Crippen LogP contribution in [0.1, 0.15) is 32.1 Å². The zero-order valence-corrected chi connectivity index (χ0v) is 12.3. The lowest BCUT2D eigenvalue weighted by atomic mass is 9.85. The minimum atomic E-state index is 0.763. The van der Waals surface area contributed by atoms with Gasteiger partial charge in [-0.05, 0) is 49.7 Å². The van der Waals surface area contributed by atoms with E-state index in [-0.39, 0.29) is 0 Å². The number of nitrogens with zero attached hydrogens (tertiary/aromatic N) is 2. The number of nitrogens with one attached hydrogen (secondary N) is 2. The smallest absolute Gasteiger partial charge is 0.225 e. The Morgan fingerprint density at radius 1 is 0.905 bits per heavy atom. The second kappa shape index (κ2) is 5.51. The fraction of sp³-hybridized carbons (Fsp3) is 0.529. The lowest BCUT2D eigenvalue weighted by molar-refractivity contribution is 0.333. The first-order chi connectivity index (χ1) is 10.4. The van der Waals surface area contributed by atoms with E-state index in [1.807, 2.05) is 6.07 Å². The Bertz CT molecular complexity index is 632. The first-order valence-corrected chi connectivity index (χ1v) is 8.13. The van der Waals surface area contributed by atoms with Crippen molar-refractivity contribution in [2.24, 2.45) is 11.8 Å². The molecule has 2 aromatic rings. The number of benzene rings is 1. The van der Waals surface area contributed by atoms with Crippen molar-refractivity contribution in [2.45, 2.75) is 32.1 Å². The van der Waals surface area contributed by atoms with Crippen LogP contribution in [0.25, 0.3) is 10.9 Å². The Hall–Kier alpha value is -1.84. The van der Waals surface area contributed by atoms with Crippen LogP contribution in [0.4, 0.5) is 11.8 Å². The molecule has 2 N–H and O–H groups in total. The van der Waals surface area contributed by atoms with E-state index >= 15 is 0 Å². The normalized spacial score (nSPS) is 18.5. The van der Waals surface area contributed by atoms with Crippen molar-refractivity contribution < 1.29 is 0 Å². The molecule has 4 nitrogen and oxygen atoms in total. The van der Waals surface area contributed by atoms with Crippen molar-refractivity contribution in [1.82, 2.24) is 9.97 Å². The second-order valence-electron chi connectivity index (χ2n) is 6.42. The summed E-state index contributed by atoms with van der Waals surface area (Å²) in [6.45, 7) is 2.03. The highest BCUT2D eigenvalue weighted by Gasteiger charge is 2.21. The molecule has 1 aromatic carbocycles. The molecule has 1 heterocycles. The molecule has 2 saturated carbocycles. The molecule has 0 bridgehead atoms. The van der Waals surface area contributed by atoms with Crippen molar-refractivity contribution in [2.75, 3.05) is 23.7 Å². The van der Waals surface area contributed by atoms with Crippen molar-refractivity contribution in [3.63, 3.8) is 0 Å². The summed E-state index contributed by atoms with van der Waals surface area (Å²) in [7, 11) is 0. The van der Waals surface area contributed by atoms with Gasteiger partial charge in [-0.3, -0.25) is 0 Å². The summed E-state index contributed by atoms with van der Waals surface area (Å²) in [4.78, 5) is 9.34. The maximum Gasteiger partial charge on any atom is 0.225 e. The van der Waals surface area contributed by atoms with Crippen LogP contribution in [0, 0.1) is 11.8 Å². The van der Waals surface area contributed by atoms with Gasteiger partial charge in [0, 0.05) is 18.5 Å². The number of aromatic nitrogens is 2. The second-order valence-corrected chi connectivity index (χ2v) is 6.42. The van der Waals surface area contributed by atoms with Gasteiger partial charge in [0.2, 0.25) is 5.95 Å². The molecule has 0 saturated heterocycles. The molecule has 0 atom stereocenters. The van der Waals surface area contributed by atoms with Gasteiger partial charge in [0.1, 0.15) is 5.82 Å². The van der Waals surface area contributed by atoms with Crippen LogP contribution < -0.4 is 10.6 Å². The average molecular weight is 282 g/mol. The van der Waals surface area contributed by atoms with E-state index in [1.54, 1.807) is 0 Å². The molecule has 4 rings (SSSR count). The number of rotatable bonds is 6. The zero-order valence-electron chi connectivity index (χ0n) is 12.3. The van der Waals surface area contributed by atoms with Gasteiger partial charge in [-0.15, -0.1) is 0 Å². The molecule has 0 unspecified atom stereocenters. The predicted octanol–water partition coefficient (Wildman–Crippen LogP) is 3.66. The van der Waals surface area contributed by atoms with Crippen LogP contribution in [0.5, 0.6) is 0 Å². The molecule has 2 fully saturated rings. The van der Waals surface area contributed by atoms with Crippen molar-refractivity contribution in [3.8, 4) is 0 Å². The van der Waals surface area contributed by atoms with Gasteiger partial charge in [-0.2, -0.15) is 4.98 Å². The third-order valence-electron chi connectivity index (χ3n) is 4.63. The van der Waals surface area contributed by atoms with Crippen LogP contribution in [0.2, 0.25) is 0 Å². The fourth-order valence-electron chi connectivity index (χ4n) is 2.79. The maximum absolute atomic E-state index is 4.70. The zero-order chi connectivity index (χ0) is 14.1. The van der Waals surface area contributed by atoms with E-state index in [1.165, 1.54) is 32.1 Å². The Balaban J connectivity index is 1.56. The predicted molar refractivity (Wildman–Crippen MR) is 86.6 cm³/mol. The van der Waals surface area contributed by atoms with E-state index in [0.29, 0.717) is 0 Å². The third-order valence-corrected chi connectivity index (χ3v) is 4.63. The molecule has 110 valence electrons. The molecular weight excluding hydrogens is 260 g/mol. The minimum absolute atomic E-state index is 0.763. The molecule has 1 aromatic heterocycles. The number of hydrogen-bond acceptors (Lipinski definition) is 4. The lowest BCUT2D eigenvalue weighted by Crippen LogP contribution is -2.22. The molecule has 0 aliphatic heterocycles. The van der Waals surface area contributed by atoms with Gasteiger partial charge in [-0.25, -0.2) is 4.98 Å². The number of hydrogen-bond donors (Lipinski definition) is 2. The molecule has 0 amide bonds. The van der Waals surface area contributed by atoms with Gasteiger partial charge in [0.05, 0.1) is 5.52 Å². The maximum atomic E-state index is 4.70. The summed E-state index contributed by atoms with van der Waals surface area (Å²) in [6.07, 6.45) is 6.76. The molecule has 0 radical (unpaired) electrons. The molecule has 2 aliphatic rings. The van der Waals surface area contributed by atoms with Gasteiger partial charge in [0.25, 0.3) is 0 Å². The Morgan fingerprint density at radius 2 is 1.67 bits per heavy atom. The van der Waals surface area contributed by atoms with E-state index < -0.39 is 0 Å². The number of anilines is 2. The third kappa shape index (κ3) is 2.94. The fourth-order valence-corrected chi connectivity index (χ4v) is 2.79. The van der Waals surface area contributed by atoms with Gasteiger partial charge in [-0.1, -0.05) is 18.6 Å². The van der Waals surface area contributed by atoms with Crippen molar-refractivity contribution in [1.29, 1.82) is 0 Å². The molecule has 4 heteroatoms. The molecule has 0 spiro atoms. The number of para-hydroxylation sites is 1. The first-order valence-electron chi connectivity index (χ1n) is 8.13. The topological polar surface area (TPSA) is 49.8 Å². The molecular formula is C17H22N4. The van der Waals surface area contributed by atoms with Crippen LogP contribution in [0.15, 0.2) is 24.3 Å². The summed E-state index contributed by atoms with van der Waals surface area (Å²) in [5.74, 6) is 3.38. The van der Waals surface area contributed by atoms with Crippen LogP contribution >= 0.6 is 0 Å². The quantitative estimate of drug-likeness (QED) is 0.849. The lowest BCUT2D eigenvalue weighted by Gasteiger charge is -2.25. The van der Waals surface area contributed by atoms with Crippen LogP contribution in [-0.2, 0) is 0 Å². The van der Waals surface area contributed by atoms with Crippen LogP contribution in [-0.4, -0.2) is 23.1 Å². The summed E-state index contributed by atoms with van der Waals surface area (Å²) < 4.78 is 0. The first kappa shape index (κ1) is 12.9. The van der Waals surface area contributed by atoms with Gasteiger partial charge in [0.15, 0.2) is 0 Å². The van der Waals surface area contributed by atoms with E-state index in [9.17, 15) is 0 Å². The summed E-state index contributed by atoms with van der Waals surface area (Å²) in [6, 6.07) is 8.25. The Kier molecular flexibility index (Phi) is 3.37. The van der Waals surface area contributed by atoms with Crippen molar-refractivity contribution >= 4 is 22.7 Å². The van der Waals surface area contributed by atoms with Crippen LogP contribution in [0.3, 0.4) is 0 Å². The largest absolute Gasteiger partial charge is 0.369 e. The van der Waals surface area contributed by atoms with Gasteiger partial charge < -0.3 is 10.6 Å². The molecule has 2 aliphatic carbocycles. The summed E-state index contributed by atoms with van der Waals surface area (Å²) in [5.41, 5.74) is 1.02. The Morgan fingerprint density at radius 3 is 2.43 bits per heavy atom. The highest BCUT2D eigenvalue weighted by molar-refractivity contribution is 5.90. The monoisotopic (exact) mass is 282 g/mol. The molecule has 21 heavy (non-hydrogen) atoms. The SMILES string of the molecule is c1ccc2c(NCC3CC3)nc(NCC3CCC3)nc2c1. The standard InChI is InChI=1S/C17H22N4/c1-2-7-15-14(6-1)16(18-10-13-8-9-13)21-17(20-15)19-11-12-4-3-5-12/h1-2,6-7,12-13H,3-5,8-11H2,(H2,18,19,20,21). The summed E-state index contributed by atoms with van der Waals surface area (Å²) in [5, 5.41) is 8.05. The van der Waals surface area contributed by atoms with E-state index in [2.05, 4.69) is 33.8 Å². The van der Waals surface area contributed by atoms with E-state index in [4.69, 9.17) is 4.98 Å². The van der Waals surface area contributed by atoms with Gasteiger partial charge >= 0.3 is 0 Å². The highest BCUT2D eigenvalue weighted by atomic mass is 15.1. The number of fused-ring (bicyclic) bond motifs is 1. The average Bonchev–Trinajstić information content (AvgIpc) is 3.27. The van der Waals surface area contributed by atoms with E-state index in [0.717, 1.165) is 47.6 Å². The minimum Gasteiger partial charge on any atom is -0.369 e.